The molecule has 1 fully saturated rings. The summed E-state index contributed by atoms with van der Waals surface area (Å²) < 4.78 is 0. The monoisotopic (exact) mass is 232 g/mol. The third kappa shape index (κ3) is 5.14. The lowest BCUT2D eigenvalue weighted by Crippen LogP contribution is -2.31. The van der Waals surface area contributed by atoms with Gasteiger partial charge >= 0.3 is 0 Å². The molecule has 0 saturated carbocycles. The number of hydrogen-bond donors (Lipinski definition) is 1. The summed E-state index contributed by atoms with van der Waals surface area (Å²) in [5.41, 5.74) is 2.37. The van der Waals surface area contributed by atoms with Gasteiger partial charge < -0.3 is 5.32 Å². The Morgan fingerprint density at radius 2 is 2.12 bits per heavy atom. The Labute approximate surface area is 105 Å². The molecule has 17 heavy (non-hydrogen) atoms. The average molecular weight is 232 g/mol. The highest BCUT2D eigenvalue weighted by Gasteiger charge is 2.17. The van der Waals surface area contributed by atoms with Gasteiger partial charge in [-0.2, -0.15) is 0 Å². The first-order chi connectivity index (χ1) is 8.27. The van der Waals surface area contributed by atoms with Gasteiger partial charge in [0.05, 0.1) is 6.54 Å². The molecule has 0 unspecified atom stereocenters. The molecule has 1 aliphatic rings. The highest BCUT2D eigenvalue weighted by atomic mass is 14.9. The third-order valence-corrected chi connectivity index (χ3v) is 3.05. The summed E-state index contributed by atoms with van der Waals surface area (Å²) in [5, 5.41) is 3.39. The number of allylic oxidation sites excluding steroid dienone is 2. The lowest BCUT2D eigenvalue weighted by molar-refractivity contribution is 0.453. The number of rotatable bonds is 6. The Morgan fingerprint density at radius 1 is 1.41 bits per heavy atom. The summed E-state index contributed by atoms with van der Waals surface area (Å²) in [6.45, 7) is 12.8. The van der Waals surface area contributed by atoms with Crippen molar-refractivity contribution in [1.82, 2.24) is 5.32 Å². The zero-order valence-corrected chi connectivity index (χ0v) is 10.9. The quantitative estimate of drug-likeness (QED) is 0.425. The van der Waals surface area contributed by atoms with Crippen molar-refractivity contribution in [3.05, 3.63) is 37.0 Å². The van der Waals surface area contributed by atoms with Gasteiger partial charge in [0, 0.05) is 12.1 Å². The van der Waals surface area contributed by atoms with E-state index in [1.807, 2.05) is 25.2 Å². The second-order valence-electron chi connectivity index (χ2n) is 4.48. The molecule has 0 atom stereocenters. The SMILES string of the molecule is C=CCC(=NCC(=C)/C=C\C)C1CCNCC1. The number of hydrogen-bond acceptors (Lipinski definition) is 2. The van der Waals surface area contributed by atoms with E-state index in [0.717, 1.165) is 31.6 Å². The summed E-state index contributed by atoms with van der Waals surface area (Å²) in [7, 11) is 0. The average Bonchev–Trinajstić information content (AvgIpc) is 2.36. The number of nitrogens with one attached hydrogen (secondary N) is 1. The van der Waals surface area contributed by atoms with Crippen molar-refractivity contribution >= 4 is 5.71 Å². The van der Waals surface area contributed by atoms with E-state index < -0.39 is 0 Å². The van der Waals surface area contributed by atoms with E-state index in [1.54, 1.807) is 0 Å². The fraction of sp³-hybridized carbons (Fsp3) is 0.533. The van der Waals surface area contributed by atoms with Crippen LogP contribution in [0.2, 0.25) is 0 Å². The van der Waals surface area contributed by atoms with Crippen molar-refractivity contribution in [2.24, 2.45) is 10.9 Å². The van der Waals surface area contributed by atoms with Gasteiger partial charge in [0.2, 0.25) is 0 Å². The molecule has 94 valence electrons. The van der Waals surface area contributed by atoms with Crippen LogP contribution in [0.3, 0.4) is 0 Å². The molecule has 0 aromatic carbocycles. The maximum atomic E-state index is 4.72. The molecular weight excluding hydrogens is 208 g/mol. The van der Waals surface area contributed by atoms with Crippen LogP contribution in [0.15, 0.2) is 42.0 Å². The van der Waals surface area contributed by atoms with E-state index in [4.69, 9.17) is 4.99 Å². The van der Waals surface area contributed by atoms with Crippen molar-refractivity contribution in [1.29, 1.82) is 0 Å². The first kappa shape index (κ1) is 13.9. The van der Waals surface area contributed by atoms with Crippen LogP contribution in [0.5, 0.6) is 0 Å². The van der Waals surface area contributed by atoms with Crippen molar-refractivity contribution < 1.29 is 0 Å². The molecule has 0 aliphatic carbocycles. The summed E-state index contributed by atoms with van der Waals surface area (Å²) in [5.74, 6) is 0.632. The highest BCUT2D eigenvalue weighted by molar-refractivity contribution is 5.88. The van der Waals surface area contributed by atoms with Crippen LogP contribution in [-0.2, 0) is 0 Å². The predicted molar refractivity (Wildman–Crippen MR) is 76.7 cm³/mol. The Morgan fingerprint density at radius 3 is 2.71 bits per heavy atom. The molecule has 0 bridgehead atoms. The summed E-state index contributed by atoms with van der Waals surface area (Å²) >= 11 is 0. The van der Waals surface area contributed by atoms with Crippen LogP contribution in [0, 0.1) is 5.92 Å². The minimum atomic E-state index is 0.632. The summed E-state index contributed by atoms with van der Waals surface area (Å²) in [4.78, 5) is 4.72. The largest absolute Gasteiger partial charge is 0.317 e. The topological polar surface area (TPSA) is 24.4 Å². The maximum Gasteiger partial charge on any atom is 0.0633 e. The molecule has 0 aromatic heterocycles. The standard InChI is InChI=1S/C15H24N2/c1-4-6-13(3)12-17-15(7-5-2)14-8-10-16-11-9-14/h4-6,14,16H,2-3,7-12H2,1H3/b6-4-,17-15?. The zero-order chi connectivity index (χ0) is 12.5. The lowest BCUT2D eigenvalue weighted by atomic mass is 9.91. The smallest absolute Gasteiger partial charge is 0.0633 e. The van der Waals surface area contributed by atoms with E-state index in [9.17, 15) is 0 Å². The maximum absolute atomic E-state index is 4.72. The minimum absolute atomic E-state index is 0.632. The number of nitrogens with zero attached hydrogens (tertiary/aromatic N) is 1. The summed E-state index contributed by atoms with van der Waals surface area (Å²) in [6.07, 6.45) is 9.30. The van der Waals surface area contributed by atoms with E-state index in [2.05, 4.69) is 18.5 Å². The Hall–Kier alpha value is -1.15. The molecule has 1 saturated heterocycles. The van der Waals surface area contributed by atoms with Gasteiger partial charge in [0.1, 0.15) is 0 Å². The van der Waals surface area contributed by atoms with Crippen LogP contribution >= 0.6 is 0 Å². The molecule has 2 nitrogen and oxygen atoms in total. The highest BCUT2D eigenvalue weighted by Crippen LogP contribution is 2.16. The molecule has 2 heteroatoms. The molecule has 1 rings (SSSR count). The molecule has 1 N–H and O–H groups in total. The zero-order valence-electron chi connectivity index (χ0n) is 10.9. The van der Waals surface area contributed by atoms with Crippen LogP contribution in [0.4, 0.5) is 0 Å². The second-order valence-corrected chi connectivity index (χ2v) is 4.48. The summed E-state index contributed by atoms with van der Waals surface area (Å²) in [6, 6.07) is 0. The third-order valence-electron chi connectivity index (χ3n) is 3.05. The first-order valence-electron chi connectivity index (χ1n) is 6.43. The fourth-order valence-corrected chi connectivity index (χ4v) is 2.15. The molecule has 0 radical (unpaired) electrons. The molecule has 0 aromatic rings. The molecule has 0 amide bonds. The Kier molecular flexibility index (Phi) is 6.56. The predicted octanol–water partition coefficient (Wildman–Crippen LogP) is 3.14. The van der Waals surface area contributed by atoms with Crippen LogP contribution in [-0.4, -0.2) is 25.3 Å². The van der Waals surface area contributed by atoms with E-state index in [-0.39, 0.29) is 0 Å². The van der Waals surface area contributed by atoms with Gasteiger partial charge in [-0.1, -0.05) is 24.8 Å². The molecule has 1 aliphatic heterocycles. The van der Waals surface area contributed by atoms with Gasteiger partial charge in [0.15, 0.2) is 0 Å². The fourth-order valence-electron chi connectivity index (χ4n) is 2.15. The molecular formula is C15H24N2. The normalized spacial score (nSPS) is 18.5. The van der Waals surface area contributed by atoms with Gasteiger partial charge in [-0.25, -0.2) is 0 Å². The Balaban J connectivity index is 2.59. The van der Waals surface area contributed by atoms with E-state index in [1.165, 1.54) is 18.6 Å². The van der Waals surface area contributed by atoms with Crippen molar-refractivity contribution in [2.45, 2.75) is 26.2 Å². The van der Waals surface area contributed by atoms with Gasteiger partial charge in [0.25, 0.3) is 0 Å². The van der Waals surface area contributed by atoms with Gasteiger partial charge in [-0.3, -0.25) is 4.99 Å². The minimum Gasteiger partial charge on any atom is -0.317 e. The lowest BCUT2D eigenvalue weighted by Gasteiger charge is -2.24. The van der Waals surface area contributed by atoms with E-state index >= 15 is 0 Å². The molecule has 1 heterocycles. The van der Waals surface area contributed by atoms with Crippen LogP contribution in [0.1, 0.15) is 26.2 Å². The second kappa shape index (κ2) is 8.02. The van der Waals surface area contributed by atoms with Crippen molar-refractivity contribution in [3.63, 3.8) is 0 Å². The van der Waals surface area contributed by atoms with E-state index in [0.29, 0.717) is 5.92 Å². The molecule has 0 spiro atoms. The number of piperidine rings is 1. The van der Waals surface area contributed by atoms with Crippen LogP contribution in [0.25, 0.3) is 0 Å². The Bertz CT molecular complexity index is 307. The first-order valence-corrected chi connectivity index (χ1v) is 6.43. The van der Waals surface area contributed by atoms with Crippen LogP contribution < -0.4 is 5.32 Å². The van der Waals surface area contributed by atoms with Crippen molar-refractivity contribution in [2.75, 3.05) is 19.6 Å². The number of aliphatic imine (C=N–C) groups is 1. The van der Waals surface area contributed by atoms with Gasteiger partial charge in [-0.05, 0) is 44.3 Å². The van der Waals surface area contributed by atoms with Gasteiger partial charge in [-0.15, -0.1) is 6.58 Å². The van der Waals surface area contributed by atoms with Crippen molar-refractivity contribution in [3.8, 4) is 0 Å².